The highest BCUT2D eigenvalue weighted by atomic mass is 35.5. The number of thiophene rings is 1. The van der Waals surface area contributed by atoms with Gasteiger partial charge in [0.1, 0.15) is 4.21 Å². The Morgan fingerprint density at radius 1 is 1.16 bits per heavy atom. The average molecular weight is 497 g/mol. The van der Waals surface area contributed by atoms with Crippen LogP contribution in [0.3, 0.4) is 0 Å². The Bertz CT molecular complexity index is 1080. The summed E-state index contributed by atoms with van der Waals surface area (Å²) in [4.78, 5) is 4.90. The fourth-order valence-corrected chi connectivity index (χ4v) is 6.47. The molecule has 0 saturated heterocycles. The quantitative estimate of drug-likeness (QED) is 0.415. The van der Waals surface area contributed by atoms with Crippen LogP contribution in [-0.4, -0.2) is 25.1 Å². The molecular formula is C22H29ClN4O3S2. The van der Waals surface area contributed by atoms with E-state index >= 15 is 0 Å². The monoisotopic (exact) mass is 496 g/mol. The van der Waals surface area contributed by atoms with Gasteiger partial charge in [0.15, 0.2) is 5.76 Å². The molecule has 4 rings (SSSR count). The summed E-state index contributed by atoms with van der Waals surface area (Å²) < 4.78 is 33.9. The Morgan fingerprint density at radius 2 is 1.97 bits per heavy atom. The van der Waals surface area contributed by atoms with Crippen LogP contribution in [0.2, 0.25) is 0 Å². The van der Waals surface area contributed by atoms with Crippen molar-refractivity contribution in [2.75, 3.05) is 11.3 Å². The molecule has 1 aliphatic rings. The second-order valence-electron chi connectivity index (χ2n) is 8.14. The third-order valence-electron chi connectivity index (χ3n) is 5.91. The van der Waals surface area contributed by atoms with Crippen molar-refractivity contribution in [2.45, 2.75) is 49.8 Å². The lowest BCUT2D eigenvalue weighted by Crippen LogP contribution is -2.27. The molecule has 0 aliphatic heterocycles. The van der Waals surface area contributed by atoms with Crippen LogP contribution in [0.4, 0.5) is 5.69 Å². The number of hydrogen-bond acceptors (Lipinski definition) is 7. The van der Waals surface area contributed by atoms with E-state index in [4.69, 9.17) is 4.52 Å². The zero-order valence-electron chi connectivity index (χ0n) is 18.0. The average Bonchev–Trinajstić information content (AvgIpc) is 3.47. The van der Waals surface area contributed by atoms with E-state index in [0.717, 1.165) is 29.4 Å². The Balaban J connectivity index is 0.00000289. The van der Waals surface area contributed by atoms with E-state index in [-0.39, 0.29) is 16.6 Å². The molecule has 3 heterocycles. The van der Waals surface area contributed by atoms with Crippen molar-refractivity contribution in [3.8, 4) is 10.6 Å². The molecule has 32 heavy (non-hydrogen) atoms. The van der Waals surface area contributed by atoms with Crippen molar-refractivity contribution in [1.82, 2.24) is 15.5 Å². The van der Waals surface area contributed by atoms with Gasteiger partial charge in [-0.1, -0.05) is 44.2 Å². The summed E-state index contributed by atoms with van der Waals surface area (Å²) in [6.45, 7) is 3.78. The maximum atomic E-state index is 12.9. The summed E-state index contributed by atoms with van der Waals surface area (Å²) in [5.74, 6) is 1.94. The van der Waals surface area contributed by atoms with Crippen molar-refractivity contribution in [3.63, 3.8) is 0 Å². The van der Waals surface area contributed by atoms with Crippen LogP contribution in [0.1, 0.15) is 44.6 Å². The Hall–Kier alpha value is -1.94. The molecule has 0 amide bonds. The number of sulfonamides is 1. The van der Waals surface area contributed by atoms with Gasteiger partial charge in [0.25, 0.3) is 10.0 Å². The molecule has 1 aliphatic carbocycles. The zero-order valence-corrected chi connectivity index (χ0v) is 20.4. The Labute approximate surface area is 199 Å². The summed E-state index contributed by atoms with van der Waals surface area (Å²) >= 11 is 1.14. The third kappa shape index (κ3) is 6.10. The molecule has 3 aromatic heterocycles. The second-order valence-corrected chi connectivity index (χ2v) is 11.1. The first kappa shape index (κ1) is 24.7. The standard InChI is InChI=1S/C22H28N4O3S2.ClH/c1-16(17-5-3-2-4-6-17)13-24-15-18-14-23-11-9-19(18)26-31(27,28)22-8-7-21(30-22)20-10-12-25-29-20;/h7-12,14,16-17,24H,2-6,13,15H2,1H3,(H,23,26);1H. The number of halogens is 1. The summed E-state index contributed by atoms with van der Waals surface area (Å²) in [5, 5.41) is 7.17. The van der Waals surface area contributed by atoms with E-state index in [9.17, 15) is 8.42 Å². The van der Waals surface area contributed by atoms with Crippen molar-refractivity contribution in [3.05, 3.63) is 48.4 Å². The molecule has 7 nitrogen and oxygen atoms in total. The SMILES string of the molecule is CC(CNCc1cnccc1NS(=O)(=O)c1ccc(-c2ccno2)s1)C1CCCCC1.Cl. The van der Waals surface area contributed by atoms with Crippen molar-refractivity contribution in [1.29, 1.82) is 0 Å². The van der Waals surface area contributed by atoms with Gasteiger partial charge in [-0.25, -0.2) is 8.42 Å². The normalized spacial score (nSPS) is 15.8. The van der Waals surface area contributed by atoms with Crippen LogP contribution in [0.5, 0.6) is 0 Å². The lowest BCUT2D eigenvalue weighted by molar-refractivity contribution is 0.256. The van der Waals surface area contributed by atoms with Crippen LogP contribution >= 0.6 is 23.7 Å². The largest absolute Gasteiger partial charge is 0.355 e. The van der Waals surface area contributed by atoms with Gasteiger partial charge in [0.05, 0.1) is 16.8 Å². The van der Waals surface area contributed by atoms with E-state index in [0.29, 0.717) is 28.8 Å². The summed E-state index contributed by atoms with van der Waals surface area (Å²) in [6, 6.07) is 6.71. The van der Waals surface area contributed by atoms with Crippen LogP contribution in [0, 0.1) is 11.8 Å². The molecular weight excluding hydrogens is 468 g/mol. The number of aromatic nitrogens is 2. The van der Waals surface area contributed by atoms with E-state index in [2.05, 4.69) is 27.1 Å². The minimum absolute atomic E-state index is 0. The zero-order chi connectivity index (χ0) is 21.7. The van der Waals surface area contributed by atoms with Crippen LogP contribution in [-0.2, 0) is 16.6 Å². The molecule has 2 N–H and O–H groups in total. The Morgan fingerprint density at radius 3 is 2.72 bits per heavy atom. The Kier molecular flexibility index (Phi) is 8.70. The van der Waals surface area contributed by atoms with E-state index in [1.54, 1.807) is 36.7 Å². The van der Waals surface area contributed by atoms with Gasteiger partial charge in [0.2, 0.25) is 0 Å². The highest BCUT2D eigenvalue weighted by Gasteiger charge is 2.21. The minimum Gasteiger partial charge on any atom is -0.355 e. The van der Waals surface area contributed by atoms with Crippen LogP contribution < -0.4 is 10.0 Å². The maximum absolute atomic E-state index is 12.9. The third-order valence-corrected chi connectivity index (χ3v) is 8.87. The molecule has 1 unspecified atom stereocenters. The lowest BCUT2D eigenvalue weighted by Gasteiger charge is -2.28. The molecule has 0 spiro atoms. The number of pyridine rings is 1. The van der Waals surface area contributed by atoms with Gasteiger partial charge in [-0.05, 0) is 36.6 Å². The van der Waals surface area contributed by atoms with Gasteiger partial charge < -0.3 is 9.84 Å². The first-order valence-electron chi connectivity index (χ1n) is 10.7. The number of rotatable bonds is 9. The van der Waals surface area contributed by atoms with Crippen molar-refractivity contribution < 1.29 is 12.9 Å². The topological polar surface area (TPSA) is 97.1 Å². The summed E-state index contributed by atoms with van der Waals surface area (Å²) in [5.41, 5.74) is 1.37. The lowest BCUT2D eigenvalue weighted by atomic mass is 9.81. The van der Waals surface area contributed by atoms with Crippen molar-refractivity contribution in [2.24, 2.45) is 11.8 Å². The highest BCUT2D eigenvalue weighted by molar-refractivity contribution is 7.94. The fourth-order valence-electron chi connectivity index (χ4n) is 4.11. The highest BCUT2D eigenvalue weighted by Crippen LogP contribution is 2.32. The van der Waals surface area contributed by atoms with Crippen molar-refractivity contribution >= 4 is 39.5 Å². The molecule has 174 valence electrons. The smallest absolute Gasteiger partial charge is 0.271 e. The minimum atomic E-state index is -3.71. The molecule has 3 aromatic rings. The molecule has 1 saturated carbocycles. The number of nitrogens with one attached hydrogen (secondary N) is 2. The molecule has 0 bridgehead atoms. The van der Waals surface area contributed by atoms with Gasteiger partial charge >= 0.3 is 0 Å². The van der Waals surface area contributed by atoms with Crippen LogP contribution in [0.25, 0.3) is 10.6 Å². The molecule has 1 fully saturated rings. The molecule has 10 heteroatoms. The van der Waals surface area contributed by atoms with E-state index < -0.39 is 10.0 Å². The summed E-state index contributed by atoms with van der Waals surface area (Å²) in [6.07, 6.45) is 11.5. The summed E-state index contributed by atoms with van der Waals surface area (Å²) in [7, 11) is -3.71. The number of anilines is 1. The first-order valence-corrected chi connectivity index (χ1v) is 13.0. The van der Waals surface area contributed by atoms with E-state index in [1.807, 2.05) is 0 Å². The molecule has 0 aromatic carbocycles. The second kappa shape index (κ2) is 11.3. The van der Waals surface area contributed by atoms with E-state index in [1.165, 1.54) is 38.3 Å². The van der Waals surface area contributed by atoms with Gasteiger partial charge in [-0.15, -0.1) is 23.7 Å². The molecule has 1 atom stereocenters. The maximum Gasteiger partial charge on any atom is 0.271 e. The number of nitrogens with zero attached hydrogens (tertiary/aromatic N) is 2. The number of hydrogen-bond donors (Lipinski definition) is 2. The predicted molar refractivity (Wildman–Crippen MR) is 130 cm³/mol. The van der Waals surface area contributed by atoms with Gasteiger partial charge in [-0.3, -0.25) is 9.71 Å². The first-order chi connectivity index (χ1) is 15.0. The van der Waals surface area contributed by atoms with Gasteiger partial charge in [0, 0.05) is 30.6 Å². The predicted octanol–water partition coefficient (Wildman–Crippen LogP) is 5.33. The molecule has 0 radical (unpaired) electrons. The van der Waals surface area contributed by atoms with Gasteiger partial charge in [-0.2, -0.15) is 0 Å². The fraction of sp³-hybridized carbons (Fsp3) is 0.455. The van der Waals surface area contributed by atoms with Crippen LogP contribution in [0.15, 0.2) is 51.6 Å².